The molecule has 18 heavy (non-hydrogen) atoms. The molecule has 1 rings (SSSR count). The fourth-order valence-corrected chi connectivity index (χ4v) is 1.26. The van der Waals surface area contributed by atoms with E-state index in [0.717, 1.165) is 0 Å². The van der Waals surface area contributed by atoms with E-state index in [1.54, 1.807) is 6.07 Å². The van der Waals surface area contributed by atoms with Gasteiger partial charge in [-0.3, -0.25) is 0 Å². The fraction of sp³-hybridized carbons (Fsp3) is 0.167. The Morgan fingerprint density at radius 3 is 2.83 bits per heavy atom. The summed E-state index contributed by atoms with van der Waals surface area (Å²) >= 11 is 0. The Kier molecular flexibility index (Phi) is 4.74. The third kappa shape index (κ3) is 3.82. The van der Waals surface area contributed by atoms with Crippen LogP contribution in [0.15, 0.2) is 30.9 Å². The van der Waals surface area contributed by atoms with Crippen molar-refractivity contribution in [2.75, 3.05) is 12.3 Å². The largest absolute Gasteiger partial charge is 0.478 e. The molecule has 6 nitrogen and oxygen atoms in total. The van der Waals surface area contributed by atoms with Gasteiger partial charge in [0.1, 0.15) is 6.61 Å². The van der Waals surface area contributed by atoms with Gasteiger partial charge < -0.3 is 20.9 Å². The maximum absolute atomic E-state index is 11.1. The van der Waals surface area contributed by atoms with Crippen molar-refractivity contribution in [1.29, 1.82) is 0 Å². The van der Waals surface area contributed by atoms with Crippen molar-refractivity contribution in [2.24, 2.45) is 0 Å². The molecule has 0 unspecified atom stereocenters. The number of carboxylic acids is 1. The van der Waals surface area contributed by atoms with Crippen LogP contribution in [0.25, 0.3) is 0 Å². The van der Waals surface area contributed by atoms with Crippen LogP contribution in [0.5, 0.6) is 0 Å². The molecule has 0 spiro atoms. The van der Waals surface area contributed by atoms with Gasteiger partial charge in [-0.25, -0.2) is 9.59 Å². The molecule has 0 saturated heterocycles. The molecular formula is C12H14N2O4. The minimum absolute atomic E-state index is 0.00811. The minimum Gasteiger partial charge on any atom is -0.478 e. The third-order valence-corrected chi connectivity index (χ3v) is 2.12. The van der Waals surface area contributed by atoms with E-state index in [4.69, 9.17) is 15.6 Å². The van der Waals surface area contributed by atoms with Crippen molar-refractivity contribution < 1.29 is 19.4 Å². The molecule has 0 bridgehead atoms. The minimum atomic E-state index is -1.11. The van der Waals surface area contributed by atoms with Gasteiger partial charge in [-0.15, -0.1) is 0 Å². The second-order valence-electron chi connectivity index (χ2n) is 3.47. The molecule has 0 aromatic heterocycles. The van der Waals surface area contributed by atoms with Gasteiger partial charge in [-0.2, -0.15) is 0 Å². The summed E-state index contributed by atoms with van der Waals surface area (Å²) in [6.45, 7) is 3.69. The molecule has 0 saturated carbocycles. The zero-order valence-corrected chi connectivity index (χ0v) is 9.68. The first kappa shape index (κ1) is 13.6. The normalized spacial score (nSPS) is 9.56. The highest BCUT2D eigenvalue weighted by Gasteiger charge is 2.09. The second-order valence-corrected chi connectivity index (χ2v) is 3.47. The van der Waals surface area contributed by atoms with Gasteiger partial charge in [0.25, 0.3) is 0 Å². The molecule has 1 aromatic rings. The molecule has 0 atom stereocenters. The number of anilines is 1. The highest BCUT2D eigenvalue weighted by atomic mass is 16.5. The first-order valence-corrected chi connectivity index (χ1v) is 5.17. The van der Waals surface area contributed by atoms with Gasteiger partial charge in [-0.1, -0.05) is 18.7 Å². The molecule has 1 amide bonds. The predicted molar refractivity (Wildman–Crippen MR) is 66.2 cm³/mol. The summed E-state index contributed by atoms with van der Waals surface area (Å²) in [6, 6.07) is 4.52. The van der Waals surface area contributed by atoms with E-state index in [2.05, 4.69) is 11.9 Å². The van der Waals surface area contributed by atoms with Gasteiger partial charge in [0, 0.05) is 12.2 Å². The van der Waals surface area contributed by atoms with Gasteiger partial charge in [-0.05, 0) is 17.7 Å². The van der Waals surface area contributed by atoms with E-state index in [9.17, 15) is 9.59 Å². The molecule has 0 radical (unpaired) electrons. The fourth-order valence-electron chi connectivity index (χ4n) is 1.26. The van der Waals surface area contributed by atoms with Crippen LogP contribution in [0.3, 0.4) is 0 Å². The maximum atomic E-state index is 11.1. The molecule has 0 aliphatic heterocycles. The number of nitrogens with one attached hydrogen (secondary N) is 1. The van der Waals surface area contributed by atoms with Crippen LogP contribution in [-0.2, 0) is 11.3 Å². The Morgan fingerprint density at radius 1 is 1.50 bits per heavy atom. The average Bonchev–Trinajstić information content (AvgIpc) is 2.35. The van der Waals surface area contributed by atoms with Crippen molar-refractivity contribution in [2.45, 2.75) is 6.54 Å². The molecule has 0 aliphatic carbocycles. The number of aromatic carboxylic acids is 1. The quantitative estimate of drug-likeness (QED) is 0.541. The summed E-state index contributed by atoms with van der Waals surface area (Å²) in [4.78, 5) is 22.0. The first-order valence-electron chi connectivity index (χ1n) is 5.17. The Bertz CT molecular complexity index is 471. The van der Waals surface area contributed by atoms with Crippen LogP contribution in [0.4, 0.5) is 10.5 Å². The number of amides is 1. The summed E-state index contributed by atoms with van der Waals surface area (Å²) in [5, 5.41) is 11.4. The monoisotopic (exact) mass is 250 g/mol. The summed E-state index contributed by atoms with van der Waals surface area (Å²) < 4.78 is 4.71. The topological polar surface area (TPSA) is 102 Å². The number of benzene rings is 1. The van der Waals surface area contributed by atoms with Crippen molar-refractivity contribution in [3.8, 4) is 0 Å². The van der Waals surface area contributed by atoms with Crippen LogP contribution < -0.4 is 11.1 Å². The second kappa shape index (κ2) is 6.29. The number of ether oxygens (including phenoxy) is 1. The van der Waals surface area contributed by atoms with Crippen LogP contribution in [0.1, 0.15) is 15.9 Å². The van der Waals surface area contributed by atoms with E-state index in [1.807, 2.05) is 0 Å². The Balaban J connectivity index is 2.63. The van der Waals surface area contributed by atoms with Crippen molar-refractivity contribution in [3.05, 3.63) is 42.0 Å². The van der Waals surface area contributed by atoms with E-state index < -0.39 is 12.1 Å². The zero-order chi connectivity index (χ0) is 13.5. The van der Waals surface area contributed by atoms with E-state index >= 15 is 0 Å². The molecule has 1 aromatic carbocycles. The number of alkyl carbamates (subject to hydrolysis) is 1. The summed E-state index contributed by atoms with van der Waals surface area (Å²) in [6.07, 6.45) is 0.856. The highest BCUT2D eigenvalue weighted by molar-refractivity contribution is 5.93. The number of carbonyl (C=O) groups excluding carboxylic acids is 1. The lowest BCUT2D eigenvalue weighted by Crippen LogP contribution is -2.24. The standard InChI is InChI=1S/C12H14N2O4/c1-2-5-18-12(17)14-7-8-3-4-10(13)9(6-8)11(15)16/h2-4,6H,1,5,7,13H2,(H,14,17)(H,15,16). The lowest BCUT2D eigenvalue weighted by molar-refractivity contribution is 0.0698. The number of nitrogen functional groups attached to an aromatic ring is 1. The SMILES string of the molecule is C=CCOC(=O)NCc1ccc(N)c(C(=O)O)c1. The molecule has 0 heterocycles. The van der Waals surface area contributed by atoms with Gasteiger partial charge in [0.15, 0.2) is 0 Å². The average molecular weight is 250 g/mol. The van der Waals surface area contributed by atoms with E-state index in [1.165, 1.54) is 18.2 Å². The lowest BCUT2D eigenvalue weighted by atomic mass is 10.1. The van der Waals surface area contributed by atoms with Crippen LogP contribution in [-0.4, -0.2) is 23.8 Å². The van der Waals surface area contributed by atoms with Crippen molar-refractivity contribution in [1.82, 2.24) is 5.32 Å². The Labute approximate surface area is 104 Å². The van der Waals surface area contributed by atoms with Crippen LogP contribution in [0, 0.1) is 0 Å². The van der Waals surface area contributed by atoms with Gasteiger partial charge >= 0.3 is 12.1 Å². The molecule has 0 aliphatic rings. The number of hydrogen-bond donors (Lipinski definition) is 3. The number of hydrogen-bond acceptors (Lipinski definition) is 4. The number of carbonyl (C=O) groups is 2. The third-order valence-electron chi connectivity index (χ3n) is 2.12. The molecule has 0 fully saturated rings. The predicted octanol–water partition coefficient (Wildman–Crippen LogP) is 1.38. The van der Waals surface area contributed by atoms with Gasteiger partial charge in [0.05, 0.1) is 5.56 Å². The first-order chi connectivity index (χ1) is 8.54. The number of carboxylic acid groups (broad SMARTS) is 1. The van der Waals surface area contributed by atoms with Crippen LogP contribution >= 0.6 is 0 Å². The smallest absolute Gasteiger partial charge is 0.407 e. The molecule has 96 valence electrons. The summed E-state index contributed by atoms with van der Waals surface area (Å²) in [7, 11) is 0. The van der Waals surface area contributed by atoms with E-state index in [-0.39, 0.29) is 24.4 Å². The van der Waals surface area contributed by atoms with Gasteiger partial charge in [0.2, 0.25) is 0 Å². The van der Waals surface area contributed by atoms with Crippen LogP contribution in [0.2, 0.25) is 0 Å². The summed E-state index contributed by atoms with van der Waals surface area (Å²) in [5.74, 6) is -1.11. The summed E-state index contributed by atoms with van der Waals surface area (Å²) in [5.41, 5.74) is 6.32. The van der Waals surface area contributed by atoms with Crippen molar-refractivity contribution >= 4 is 17.7 Å². The number of nitrogens with two attached hydrogens (primary N) is 1. The highest BCUT2D eigenvalue weighted by Crippen LogP contribution is 2.14. The Hall–Kier alpha value is -2.50. The maximum Gasteiger partial charge on any atom is 0.407 e. The zero-order valence-electron chi connectivity index (χ0n) is 9.68. The molecule has 6 heteroatoms. The molecular weight excluding hydrogens is 236 g/mol. The van der Waals surface area contributed by atoms with Crippen molar-refractivity contribution in [3.63, 3.8) is 0 Å². The molecule has 4 N–H and O–H groups in total. The number of rotatable bonds is 5. The lowest BCUT2D eigenvalue weighted by Gasteiger charge is -2.07. The van der Waals surface area contributed by atoms with E-state index in [0.29, 0.717) is 5.56 Å². The Morgan fingerprint density at radius 2 is 2.22 bits per heavy atom.